The molecule has 0 spiro atoms. The Balaban J connectivity index is 2.92. The summed E-state index contributed by atoms with van der Waals surface area (Å²) in [6.07, 6.45) is 1.18. The highest BCUT2D eigenvalue weighted by Crippen LogP contribution is 2.16. The van der Waals surface area contributed by atoms with Crippen molar-refractivity contribution < 1.29 is 14.6 Å². The average molecular weight is 192 g/mol. The first kappa shape index (κ1) is 10.3. The minimum Gasteiger partial charge on any atom is -0.507 e. The van der Waals surface area contributed by atoms with Gasteiger partial charge < -0.3 is 9.84 Å². The summed E-state index contributed by atoms with van der Waals surface area (Å²) in [6, 6.07) is 6.82. The van der Waals surface area contributed by atoms with E-state index in [9.17, 15) is 9.90 Å². The van der Waals surface area contributed by atoms with E-state index in [-0.39, 0.29) is 11.5 Å². The van der Waals surface area contributed by atoms with Crippen LogP contribution in [0.1, 0.15) is 12.5 Å². The topological polar surface area (TPSA) is 46.5 Å². The monoisotopic (exact) mass is 192 g/mol. The molecule has 0 amide bonds. The van der Waals surface area contributed by atoms with E-state index in [1.807, 2.05) is 0 Å². The molecule has 0 fully saturated rings. The summed E-state index contributed by atoms with van der Waals surface area (Å²) < 4.78 is 4.96. The second-order valence-corrected chi connectivity index (χ2v) is 2.87. The molecule has 0 bridgehead atoms. The van der Waals surface area contributed by atoms with E-state index in [4.69, 9.17) is 4.74 Å². The Morgan fingerprint density at radius 1 is 1.36 bits per heavy atom. The van der Waals surface area contributed by atoms with Crippen molar-refractivity contribution in [3.8, 4) is 5.75 Å². The maximum absolute atomic E-state index is 10.7. The van der Waals surface area contributed by atoms with E-state index in [0.717, 1.165) is 0 Å². The molecular formula is C11H12O3. The van der Waals surface area contributed by atoms with Crippen LogP contribution in [0.15, 0.2) is 30.3 Å². The quantitative estimate of drug-likeness (QED) is 0.589. The van der Waals surface area contributed by atoms with Gasteiger partial charge in [-0.15, -0.1) is 0 Å². The third kappa shape index (κ3) is 2.62. The molecule has 0 saturated carbocycles. The summed E-state index contributed by atoms with van der Waals surface area (Å²) >= 11 is 0. The van der Waals surface area contributed by atoms with Gasteiger partial charge in [0.25, 0.3) is 0 Å². The fourth-order valence-corrected chi connectivity index (χ4v) is 1.04. The maximum Gasteiger partial charge on any atom is 0.156 e. The highest BCUT2D eigenvalue weighted by atomic mass is 16.5. The molecule has 14 heavy (non-hydrogen) atoms. The standard InChI is InChI=1S/C11H12O3/c1-8(12)7-11(13)9-3-5-10(14-2)6-4-9/h3-7,13H,1-2H3/b11-7+. The van der Waals surface area contributed by atoms with Crippen LogP contribution < -0.4 is 4.74 Å². The lowest BCUT2D eigenvalue weighted by Gasteiger charge is -2.01. The molecule has 1 N–H and O–H groups in total. The molecule has 0 radical (unpaired) electrons. The summed E-state index contributed by atoms with van der Waals surface area (Å²) in [5.74, 6) is 0.503. The van der Waals surface area contributed by atoms with E-state index in [0.29, 0.717) is 11.3 Å². The molecular weight excluding hydrogens is 180 g/mol. The van der Waals surface area contributed by atoms with Gasteiger partial charge in [-0.3, -0.25) is 4.79 Å². The van der Waals surface area contributed by atoms with Crippen LogP contribution in [-0.2, 0) is 4.79 Å². The number of methoxy groups -OCH3 is 1. The average Bonchev–Trinajstić information content (AvgIpc) is 2.17. The highest BCUT2D eigenvalue weighted by Gasteiger charge is 2.00. The number of benzene rings is 1. The Morgan fingerprint density at radius 3 is 2.36 bits per heavy atom. The highest BCUT2D eigenvalue weighted by molar-refractivity contribution is 5.93. The van der Waals surface area contributed by atoms with Crippen molar-refractivity contribution in [3.05, 3.63) is 35.9 Å². The van der Waals surface area contributed by atoms with Crippen molar-refractivity contribution >= 4 is 11.5 Å². The van der Waals surface area contributed by atoms with Crippen molar-refractivity contribution in [2.75, 3.05) is 7.11 Å². The number of hydrogen-bond donors (Lipinski definition) is 1. The van der Waals surface area contributed by atoms with E-state index in [1.165, 1.54) is 13.0 Å². The fraction of sp³-hybridized carbons (Fsp3) is 0.182. The predicted octanol–water partition coefficient (Wildman–Crippen LogP) is 2.18. The lowest BCUT2D eigenvalue weighted by atomic mass is 10.1. The number of carbonyl (C=O) groups excluding carboxylic acids is 1. The molecule has 3 heteroatoms. The first-order valence-electron chi connectivity index (χ1n) is 4.19. The van der Waals surface area contributed by atoms with Gasteiger partial charge in [0.2, 0.25) is 0 Å². The Morgan fingerprint density at radius 2 is 1.93 bits per heavy atom. The Bertz CT molecular complexity index is 349. The maximum atomic E-state index is 10.7. The minimum atomic E-state index is -0.182. The molecule has 0 unspecified atom stereocenters. The van der Waals surface area contributed by atoms with Gasteiger partial charge in [-0.1, -0.05) is 0 Å². The van der Waals surface area contributed by atoms with Crippen LogP contribution in [0.5, 0.6) is 5.75 Å². The molecule has 0 atom stereocenters. The summed E-state index contributed by atoms with van der Waals surface area (Å²) in [4.78, 5) is 10.7. The van der Waals surface area contributed by atoms with Gasteiger partial charge in [0, 0.05) is 11.6 Å². The van der Waals surface area contributed by atoms with Gasteiger partial charge in [0.1, 0.15) is 11.5 Å². The molecule has 0 heterocycles. The SMILES string of the molecule is COc1ccc(/C(O)=C\C(C)=O)cc1. The fourth-order valence-electron chi connectivity index (χ4n) is 1.04. The zero-order valence-corrected chi connectivity index (χ0v) is 8.15. The van der Waals surface area contributed by atoms with E-state index in [2.05, 4.69) is 0 Å². The van der Waals surface area contributed by atoms with Crippen molar-refractivity contribution in [3.63, 3.8) is 0 Å². The lowest BCUT2D eigenvalue weighted by Crippen LogP contribution is -1.89. The molecule has 74 valence electrons. The second kappa shape index (κ2) is 4.46. The summed E-state index contributed by atoms with van der Waals surface area (Å²) in [5.41, 5.74) is 0.598. The lowest BCUT2D eigenvalue weighted by molar-refractivity contribution is -0.112. The third-order valence-corrected chi connectivity index (χ3v) is 1.73. The second-order valence-electron chi connectivity index (χ2n) is 2.87. The smallest absolute Gasteiger partial charge is 0.156 e. The number of allylic oxidation sites excluding steroid dienone is 1. The first-order valence-corrected chi connectivity index (χ1v) is 4.19. The normalized spacial score (nSPS) is 11.1. The number of aliphatic hydroxyl groups excluding tert-OH is 1. The molecule has 0 aliphatic heterocycles. The number of carbonyl (C=O) groups is 1. The number of ether oxygens (including phenoxy) is 1. The van der Waals surface area contributed by atoms with Crippen molar-refractivity contribution in [1.82, 2.24) is 0 Å². The summed E-state index contributed by atoms with van der Waals surface area (Å²) in [7, 11) is 1.57. The molecule has 1 aromatic rings. The number of ketones is 1. The van der Waals surface area contributed by atoms with Gasteiger partial charge in [0.15, 0.2) is 5.78 Å². The van der Waals surface area contributed by atoms with Crippen molar-refractivity contribution in [2.24, 2.45) is 0 Å². The van der Waals surface area contributed by atoms with Gasteiger partial charge >= 0.3 is 0 Å². The molecule has 0 aliphatic carbocycles. The molecule has 0 aromatic heterocycles. The third-order valence-electron chi connectivity index (χ3n) is 1.73. The van der Waals surface area contributed by atoms with Gasteiger partial charge in [-0.2, -0.15) is 0 Å². The Kier molecular flexibility index (Phi) is 3.29. The van der Waals surface area contributed by atoms with Gasteiger partial charge in [-0.25, -0.2) is 0 Å². The Labute approximate surface area is 82.6 Å². The summed E-state index contributed by atoms with van der Waals surface area (Å²) in [5, 5.41) is 9.45. The largest absolute Gasteiger partial charge is 0.507 e. The van der Waals surface area contributed by atoms with Crippen molar-refractivity contribution in [2.45, 2.75) is 6.92 Å². The Hall–Kier alpha value is -1.77. The van der Waals surface area contributed by atoms with Crippen LogP contribution in [-0.4, -0.2) is 18.0 Å². The van der Waals surface area contributed by atoms with Crippen LogP contribution >= 0.6 is 0 Å². The molecule has 3 nitrogen and oxygen atoms in total. The summed E-state index contributed by atoms with van der Waals surface area (Å²) in [6.45, 7) is 1.39. The van der Waals surface area contributed by atoms with Gasteiger partial charge in [0.05, 0.1) is 7.11 Å². The molecule has 1 aromatic carbocycles. The van der Waals surface area contributed by atoms with Crippen LogP contribution in [0.25, 0.3) is 5.76 Å². The molecule has 1 rings (SSSR count). The first-order chi connectivity index (χ1) is 6.63. The predicted molar refractivity (Wildman–Crippen MR) is 54.3 cm³/mol. The minimum absolute atomic E-state index is 0.0276. The van der Waals surface area contributed by atoms with Crippen LogP contribution in [0.3, 0.4) is 0 Å². The number of rotatable bonds is 3. The van der Waals surface area contributed by atoms with Crippen LogP contribution in [0.4, 0.5) is 0 Å². The van der Waals surface area contributed by atoms with Crippen molar-refractivity contribution in [1.29, 1.82) is 0 Å². The zero-order valence-electron chi connectivity index (χ0n) is 8.15. The van der Waals surface area contributed by atoms with E-state index < -0.39 is 0 Å². The number of hydrogen-bond acceptors (Lipinski definition) is 3. The zero-order chi connectivity index (χ0) is 10.6. The van der Waals surface area contributed by atoms with Crippen LogP contribution in [0, 0.1) is 0 Å². The molecule has 0 saturated heterocycles. The van der Waals surface area contributed by atoms with Gasteiger partial charge in [-0.05, 0) is 31.2 Å². The van der Waals surface area contributed by atoms with E-state index >= 15 is 0 Å². The molecule has 0 aliphatic rings. The van der Waals surface area contributed by atoms with E-state index in [1.54, 1.807) is 31.4 Å². The number of aliphatic hydroxyl groups is 1. The van der Waals surface area contributed by atoms with Crippen LogP contribution in [0.2, 0.25) is 0 Å².